The quantitative estimate of drug-likeness (QED) is 0.388. The first-order chi connectivity index (χ1) is 10.5. The summed E-state index contributed by atoms with van der Waals surface area (Å²) in [4.78, 5) is 23.3. The molecule has 0 atom stereocenters. The van der Waals surface area contributed by atoms with Crippen molar-refractivity contribution in [2.45, 2.75) is 26.2 Å². The Kier molecular flexibility index (Phi) is 8.32. The Labute approximate surface area is 134 Å². The van der Waals surface area contributed by atoms with Gasteiger partial charge in [0.25, 0.3) is 0 Å². The monoisotopic (exact) mass is 328 g/mol. The largest absolute Gasteiger partial charge is 0.506 e. The zero-order valence-electron chi connectivity index (χ0n) is 12.5. The van der Waals surface area contributed by atoms with Crippen LogP contribution in [-0.4, -0.2) is 36.7 Å². The Morgan fingerprint density at radius 2 is 1.95 bits per heavy atom. The van der Waals surface area contributed by atoms with Gasteiger partial charge in [-0.15, -0.1) is 0 Å². The summed E-state index contributed by atoms with van der Waals surface area (Å²) in [6.07, 6.45) is 2.72. The molecule has 0 aromatic heterocycles. The van der Waals surface area contributed by atoms with Gasteiger partial charge in [-0.1, -0.05) is 24.9 Å². The van der Waals surface area contributed by atoms with Crippen LogP contribution in [0.4, 0.5) is 5.69 Å². The maximum Gasteiger partial charge on any atom is 0.313 e. The number of nitrogens with one attached hydrogen (secondary N) is 2. The molecule has 1 aromatic carbocycles. The summed E-state index contributed by atoms with van der Waals surface area (Å²) in [7, 11) is 0. The highest BCUT2D eigenvalue weighted by Gasteiger charge is 2.15. The maximum atomic E-state index is 11.7. The van der Waals surface area contributed by atoms with E-state index in [0.29, 0.717) is 31.2 Å². The van der Waals surface area contributed by atoms with Crippen LogP contribution in [-0.2, 0) is 14.3 Å². The van der Waals surface area contributed by atoms with Crippen LogP contribution in [0.1, 0.15) is 26.2 Å². The summed E-state index contributed by atoms with van der Waals surface area (Å²) in [5.74, 6) is -1.78. The molecule has 22 heavy (non-hydrogen) atoms. The molecule has 0 fully saturated rings. The van der Waals surface area contributed by atoms with Gasteiger partial charge in [-0.2, -0.15) is 0 Å². The molecule has 1 rings (SSSR count). The lowest BCUT2D eigenvalue weighted by molar-refractivity contribution is -0.136. The van der Waals surface area contributed by atoms with E-state index < -0.39 is 11.8 Å². The summed E-state index contributed by atoms with van der Waals surface area (Å²) >= 11 is 5.76. The molecule has 0 aliphatic heterocycles. The van der Waals surface area contributed by atoms with E-state index in [4.69, 9.17) is 16.3 Å². The summed E-state index contributed by atoms with van der Waals surface area (Å²) in [5, 5.41) is 14.7. The third-order valence-electron chi connectivity index (χ3n) is 2.81. The molecule has 0 aliphatic rings. The fourth-order valence-electron chi connectivity index (χ4n) is 1.59. The third-order valence-corrected chi connectivity index (χ3v) is 3.04. The van der Waals surface area contributed by atoms with Gasteiger partial charge in [0.05, 0.1) is 5.69 Å². The van der Waals surface area contributed by atoms with E-state index in [1.165, 1.54) is 18.2 Å². The first-order valence-electron chi connectivity index (χ1n) is 7.20. The molecule has 2 amide bonds. The zero-order valence-corrected chi connectivity index (χ0v) is 13.3. The number of carbonyl (C=O) groups is 2. The highest BCUT2D eigenvalue weighted by molar-refractivity contribution is 6.40. The van der Waals surface area contributed by atoms with Crippen LogP contribution in [0.25, 0.3) is 0 Å². The van der Waals surface area contributed by atoms with Gasteiger partial charge in [0, 0.05) is 24.8 Å². The van der Waals surface area contributed by atoms with E-state index in [0.717, 1.165) is 12.8 Å². The van der Waals surface area contributed by atoms with Crippen molar-refractivity contribution in [2.75, 3.05) is 25.1 Å². The van der Waals surface area contributed by atoms with Gasteiger partial charge in [0.1, 0.15) is 5.75 Å². The van der Waals surface area contributed by atoms with Crippen LogP contribution < -0.4 is 10.6 Å². The number of ether oxygens (including phenoxy) is 1. The van der Waals surface area contributed by atoms with E-state index in [1.807, 2.05) is 0 Å². The van der Waals surface area contributed by atoms with E-state index in [2.05, 4.69) is 17.6 Å². The smallest absolute Gasteiger partial charge is 0.313 e. The van der Waals surface area contributed by atoms with E-state index >= 15 is 0 Å². The first-order valence-corrected chi connectivity index (χ1v) is 7.57. The number of amides is 2. The van der Waals surface area contributed by atoms with Crippen molar-refractivity contribution in [2.24, 2.45) is 0 Å². The minimum atomic E-state index is -0.857. The number of halogens is 1. The molecule has 0 saturated heterocycles. The molecule has 0 spiro atoms. The highest BCUT2D eigenvalue weighted by Crippen LogP contribution is 2.26. The molecule has 122 valence electrons. The van der Waals surface area contributed by atoms with Crippen molar-refractivity contribution in [1.29, 1.82) is 0 Å². The maximum absolute atomic E-state index is 11.7. The fraction of sp³-hybridized carbons (Fsp3) is 0.467. The second-order valence-corrected chi connectivity index (χ2v) is 5.13. The van der Waals surface area contributed by atoms with Gasteiger partial charge in [0.2, 0.25) is 0 Å². The van der Waals surface area contributed by atoms with Crippen molar-refractivity contribution in [3.8, 4) is 5.75 Å². The SMILES string of the molecule is CCCCOCCCNC(=O)C(=O)Nc1cc(Cl)ccc1O. The summed E-state index contributed by atoms with van der Waals surface area (Å²) in [6.45, 7) is 3.68. The molecule has 0 radical (unpaired) electrons. The zero-order chi connectivity index (χ0) is 16.4. The van der Waals surface area contributed by atoms with Crippen LogP contribution in [0.2, 0.25) is 5.02 Å². The topological polar surface area (TPSA) is 87.7 Å². The number of benzene rings is 1. The third kappa shape index (κ3) is 6.78. The molecule has 3 N–H and O–H groups in total. The number of unbranched alkanes of at least 4 members (excludes halogenated alkanes) is 1. The second kappa shape index (κ2) is 10.0. The molecule has 1 aromatic rings. The van der Waals surface area contributed by atoms with Gasteiger partial charge < -0.3 is 20.5 Å². The number of hydrogen-bond donors (Lipinski definition) is 3. The number of phenolic OH excluding ortho intramolecular Hbond substituents is 1. The van der Waals surface area contributed by atoms with E-state index in [1.54, 1.807) is 0 Å². The minimum Gasteiger partial charge on any atom is -0.506 e. The summed E-state index contributed by atoms with van der Waals surface area (Å²) < 4.78 is 5.34. The normalized spacial score (nSPS) is 10.3. The average molecular weight is 329 g/mol. The van der Waals surface area contributed by atoms with Crippen LogP contribution in [0.5, 0.6) is 5.75 Å². The standard InChI is InChI=1S/C15H21ClN2O4/c1-2-3-8-22-9-4-7-17-14(20)15(21)18-12-10-11(16)5-6-13(12)19/h5-6,10,19H,2-4,7-9H2,1H3,(H,17,20)(H,18,21). The molecule has 0 saturated carbocycles. The molecular formula is C15H21ClN2O4. The lowest BCUT2D eigenvalue weighted by Gasteiger charge is -2.08. The predicted octanol–water partition coefficient (Wildman–Crippen LogP) is 2.31. The minimum absolute atomic E-state index is 0.0931. The Morgan fingerprint density at radius 3 is 2.68 bits per heavy atom. The van der Waals surface area contributed by atoms with Crippen molar-refractivity contribution in [3.63, 3.8) is 0 Å². The van der Waals surface area contributed by atoms with Crippen molar-refractivity contribution < 1.29 is 19.4 Å². The summed E-state index contributed by atoms with van der Waals surface area (Å²) in [5.41, 5.74) is 0.0931. The molecular weight excluding hydrogens is 308 g/mol. The summed E-state index contributed by atoms with van der Waals surface area (Å²) in [6, 6.07) is 4.18. The highest BCUT2D eigenvalue weighted by atomic mass is 35.5. The number of hydrogen-bond acceptors (Lipinski definition) is 4. The van der Waals surface area contributed by atoms with Gasteiger partial charge in [0.15, 0.2) is 0 Å². The molecule has 0 heterocycles. The van der Waals surface area contributed by atoms with Gasteiger partial charge in [-0.3, -0.25) is 9.59 Å². The molecule has 0 unspecified atom stereocenters. The average Bonchev–Trinajstić information content (AvgIpc) is 2.49. The van der Waals surface area contributed by atoms with Gasteiger partial charge in [-0.25, -0.2) is 0 Å². The number of phenols is 1. The lowest BCUT2D eigenvalue weighted by atomic mass is 10.3. The first kappa shape index (κ1) is 18.3. The Hall–Kier alpha value is -1.79. The Bertz CT molecular complexity index is 508. The lowest BCUT2D eigenvalue weighted by Crippen LogP contribution is -2.36. The van der Waals surface area contributed by atoms with Gasteiger partial charge >= 0.3 is 11.8 Å². The van der Waals surface area contributed by atoms with Gasteiger partial charge in [-0.05, 0) is 31.0 Å². The fourth-order valence-corrected chi connectivity index (χ4v) is 1.76. The van der Waals surface area contributed by atoms with Crippen LogP contribution in [0.3, 0.4) is 0 Å². The second-order valence-electron chi connectivity index (χ2n) is 4.69. The van der Waals surface area contributed by atoms with Crippen LogP contribution in [0.15, 0.2) is 18.2 Å². The van der Waals surface area contributed by atoms with Crippen LogP contribution in [0, 0.1) is 0 Å². The molecule has 6 nitrogen and oxygen atoms in total. The molecule has 0 aliphatic carbocycles. The van der Waals surface area contributed by atoms with Crippen molar-refractivity contribution >= 4 is 29.1 Å². The number of aromatic hydroxyl groups is 1. The predicted molar refractivity (Wildman–Crippen MR) is 85.1 cm³/mol. The number of anilines is 1. The molecule has 0 bridgehead atoms. The number of rotatable bonds is 8. The Morgan fingerprint density at radius 1 is 1.23 bits per heavy atom. The van der Waals surface area contributed by atoms with E-state index in [-0.39, 0.29) is 11.4 Å². The van der Waals surface area contributed by atoms with Crippen molar-refractivity contribution in [1.82, 2.24) is 5.32 Å². The Balaban J connectivity index is 2.27. The van der Waals surface area contributed by atoms with Crippen molar-refractivity contribution in [3.05, 3.63) is 23.2 Å². The van der Waals surface area contributed by atoms with E-state index in [9.17, 15) is 14.7 Å². The number of carbonyl (C=O) groups excluding carboxylic acids is 2. The van der Waals surface area contributed by atoms with Crippen LogP contribution >= 0.6 is 11.6 Å². The molecule has 7 heteroatoms.